The van der Waals surface area contributed by atoms with E-state index in [1.807, 2.05) is 19.1 Å². The van der Waals surface area contributed by atoms with Crippen molar-refractivity contribution in [3.05, 3.63) is 64.7 Å². The second-order valence-electron chi connectivity index (χ2n) is 5.27. The number of carbonyl (C=O) groups excluding carboxylic acids is 2. The molecule has 0 aliphatic carbocycles. The summed E-state index contributed by atoms with van der Waals surface area (Å²) in [5.41, 5.74) is 1.49. The third kappa shape index (κ3) is 4.63. The fraction of sp³-hybridized carbons (Fsp3) is 0.158. The smallest absolute Gasteiger partial charge is 0.465 e. The molecule has 2 aromatic rings. The number of methoxy groups -OCH3 is 1. The molecule has 0 fully saturated rings. The Labute approximate surface area is 148 Å². The summed E-state index contributed by atoms with van der Waals surface area (Å²) in [7, 11) is 1.14. The summed E-state index contributed by atoms with van der Waals surface area (Å²) in [5.74, 6) is 2.67. The Morgan fingerprint density at radius 2 is 1.69 bits per heavy atom. The van der Waals surface area contributed by atoms with Gasteiger partial charge in [0.15, 0.2) is 0 Å². The van der Waals surface area contributed by atoms with E-state index >= 15 is 0 Å². The molecule has 0 saturated heterocycles. The summed E-state index contributed by atoms with van der Waals surface area (Å²) in [4.78, 5) is 22.9. The number of aryl methyl sites for hydroxylation is 1. The highest BCUT2D eigenvalue weighted by Gasteiger charge is 2.39. The Morgan fingerprint density at radius 3 is 2.31 bits per heavy atom. The summed E-state index contributed by atoms with van der Waals surface area (Å²) in [6, 6.07) is 11.0. The van der Waals surface area contributed by atoms with Crippen LogP contribution < -0.4 is 5.32 Å². The molecule has 0 unspecified atom stereocenters. The highest BCUT2D eigenvalue weighted by atomic mass is 19.4. The maximum absolute atomic E-state index is 12.6. The first-order valence-corrected chi connectivity index (χ1v) is 7.40. The average molecular weight is 361 g/mol. The van der Waals surface area contributed by atoms with E-state index in [4.69, 9.17) is 0 Å². The lowest BCUT2D eigenvalue weighted by Crippen LogP contribution is -2.30. The van der Waals surface area contributed by atoms with Gasteiger partial charge < -0.3 is 10.1 Å². The number of nitrogens with one attached hydrogen (secondary N) is 1. The highest BCUT2D eigenvalue weighted by molar-refractivity contribution is 5.98. The summed E-state index contributed by atoms with van der Waals surface area (Å²) < 4.78 is 42.2. The highest BCUT2D eigenvalue weighted by Crippen LogP contribution is 2.22. The van der Waals surface area contributed by atoms with Crippen LogP contribution in [0.3, 0.4) is 0 Å². The normalized spacial score (nSPS) is 10.5. The number of rotatable bonds is 2. The Morgan fingerprint density at radius 1 is 1.04 bits per heavy atom. The maximum atomic E-state index is 12.6. The predicted octanol–water partition coefficient (Wildman–Crippen LogP) is 3.68. The standard InChI is InChI=1S/C19H14F3NO3/c1-12-5-3-4-6-13(12)7-8-14-9-10-15(17(24)26-2)11-16(14)23-18(25)19(20,21)22/h3-6,9-11H,1-2H3,(H,23,25). The van der Waals surface area contributed by atoms with Crippen molar-refractivity contribution in [2.24, 2.45) is 0 Å². The van der Waals surface area contributed by atoms with E-state index in [2.05, 4.69) is 16.6 Å². The number of alkyl halides is 3. The lowest BCUT2D eigenvalue weighted by Gasteiger charge is -2.11. The van der Waals surface area contributed by atoms with Gasteiger partial charge in [0.2, 0.25) is 0 Å². The van der Waals surface area contributed by atoms with E-state index in [-0.39, 0.29) is 16.8 Å². The number of anilines is 1. The number of halogens is 3. The number of carbonyl (C=O) groups is 2. The van der Waals surface area contributed by atoms with Gasteiger partial charge in [-0.05, 0) is 36.8 Å². The molecular formula is C19H14F3NO3. The first-order valence-electron chi connectivity index (χ1n) is 7.40. The van der Waals surface area contributed by atoms with Gasteiger partial charge in [-0.1, -0.05) is 30.0 Å². The molecule has 134 valence electrons. The maximum Gasteiger partial charge on any atom is 0.471 e. The molecule has 4 nitrogen and oxygen atoms in total. The number of hydrogen-bond acceptors (Lipinski definition) is 3. The predicted molar refractivity (Wildman–Crippen MR) is 89.6 cm³/mol. The van der Waals surface area contributed by atoms with Gasteiger partial charge in [0, 0.05) is 11.1 Å². The number of esters is 1. The molecule has 7 heteroatoms. The molecule has 0 aromatic heterocycles. The van der Waals surface area contributed by atoms with E-state index in [9.17, 15) is 22.8 Å². The topological polar surface area (TPSA) is 55.4 Å². The molecule has 0 aliphatic heterocycles. The van der Waals surface area contributed by atoms with Crippen LogP contribution in [-0.4, -0.2) is 25.2 Å². The third-order valence-electron chi connectivity index (χ3n) is 3.42. The van der Waals surface area contributed by atoms with Crippen molar-refractivity contribution in [1.29, 1.82) is 0 Å². The van der Waals surface area contributed by atoms with Crippen molar-refractivity contribution in [2.45, 2.75) is 13.1 Å². The third-order valence-corrected chi connectivity index (χ3v) is 3.42. The first-order chi connectivity index (χ1) is 12.2. The SMILES string of the molecule is COC(=O)c1ccc(C#Cc2ccccc2C)c(NC(=O)C(F)(F)F)c1. The van der Waals surface area contributed by atoms with Gasteiger partial charge in [0.25, 0.3) is 0 Å². The summed E-state index contributed by atoms with van der Waals surface area (Å²) in [6.45, 7) is 1.84. The van der Waals surface area contributed by atoms with E-state index in [1.54, 1.807) is 17.4 Å². The molecular weight excluding hydrogens is 347 g/mol. The van der Waals surface area contributed by atoms with E-state index in [0.29, 0.717) is 5.56 Å². The molecule has 2 aromatic carbocycles. The first kappa shape index (κ1) is 19.1. The van der Waals surface area contributed by atoms with Crippen LogP contribution >= 0.6 is 0 Å². The zero-order valence-corrected chi connectivity index (χ0v) is 13.9. The lowest BCUT2D eigenvalue weighted by atomic mass is 10.1. The summed E-state index contributed by atoms with van der Waals surface area (Å²) in [5, 5.41) is 1.75. The van der Waals surface area contributed by atoms with Crippen molar-refractivity contribution >= 4 is 17.6 Å². The molecule has 0 aliphatic rings. The zero-order chi connectivity index (χ0) is 19.3. The molecule has 0 atom stereocenters. The van der Waals surface area contributed by atoms with Crippen LogP contribution in [0, 0.1) is 18.8 Å². The van der Waals surface area contributed by atoms with Crippen LogP contribution in [0.2, 0.25) is 0 Å². The van der Waals surface area contributed by atoms with Crippen LogP contribution in [0.15, 0.2) is 42.5 Å². The van der Waals surface area contributed by atoms with Gasteiger partial charge >= 0.3 is 18.1 Å². The Hall–Kier alpha value is -3.27. The number of benzene rings is 2. The van der Waals surface area contributed by atoms with Crippen molar-refractivity contribution in [3.8, 4) is 11.8 Å². The second-order valence-corrected chi connectivity index (χ2v) is 5.27. The minimum absolute atomic E-state index is 0.00795. The van der Waals surface area contributed by atoms with Crippen LogP contribution in [0.1, 0.15) is 27.0 Å². The molecule has 0 spiro atoms. The molecule has 0 saturated carbocycles. The van der Waals surface area contributed by atoms with Gasteiger partial charge in [-0.3, -0.25) is 4.79 Å². The second kappa shape index (κ2) is 7.74. The van der Waals surface area contributed by atoms with Crippen LogP contribution in [0.25, 0.3) is 0 Å². The molecule has 26 heavy (non-hydrogen) atoms. The monoisotopic (exact) mass is 361 g/mol. The van der Waals surface area contributed by atoms with Crippen molar-refractivity contribution in [2.75, 3.05) is 12.4 Å². The average Bonchev–Trinajstić information content (AvgIpc) is 2.60. The number of amides is 1. The molecule has 2 rings (SSSR count). The largest absolute Gasteiger partial charge is 0.471 e. The molecule has 0 bridgehead atoms. The van der Waals surface area contributed by atoms with Crippen LogP contribution in [-0.2, 0) is 9.53 Å². The van der Waals surface area contributed by atoms with Gasteiger partial charge in [0.1, 0.15) is 0 Å². The quantitative estimate of drug-likeness (QED) is 0.656. The molecule has 1 amide bonds. The number of ether oxygens (including phenoxy) is 1. The molecule has 0 heterocycles. The van der Waals surface area contributed by atoms with Gasteiger partial charge in [0.05, 0.1) is 18.4 Å². The minimum Gasteiger partial charge on any atom is -0.465 e. The number of hydrogen-bond donors (Lipinski definition) is 1. The Balaban J connectivity index is 2.46. The Kier molecular flexibility index (Phi) is 5.68. The zero-order valence-electron chi connectivity index (χ0n) is 13.9. The van der Waals surface area contributed by atoms with Gasteiger partial charge in [-0.2, -0.15) is 13.2 Å². The van der Waals surface area contributed by atoms with Crippen LogP contribution in [0.4, 0.5) is 18.9 Å². The fourth-order valence-electron chi connectivity index (χ4n) is 2.04. The Bertz CT molecular complexity index is 908. The van der Waals surface area contributed by atoms with E-state index in [0.717, 1.165) is 18.7 Å². The lowest BCUT2D eigenvalue weighted by molar-refractivity contribution is -0.167. The fourth-order valence-corrected chi connectivity index (χ4v) is 2.04. The van der Waals surface area contributed by atoms with E-state index in [1.165, 1.54) is 12.1 Å². The summed E-state index contributed by atoms with van der Waals surface area (Å²) >= 11 is 0. The van der Waals surface area contributed by atoms with Crippen molar-refractivity contribution < 1.29 is 27.5 Å². The van der Waals surface area contributed by atoms with Gasteiger partial charge in [-0.25, -0.2) is 4.79 Å². The van der Waals surface area contributed by atoms with E-state index < -0.39 is 18.1 Å². The van der Waals surface area contributed by atoms with Crippen molar-refractivity contribution in [1.82, 2.24) is 0 Å². The van der Waals surface area contributed by atoms with Crippen molar-refractivity contribution in [3.63, 3.8) is 0 Å². The van der Waals surface area contributed by atoms with Gasteiger partial charge in [-0.15, -0.1) is 0 Å². The minimum atomic E-state index is -5.07. The molecule has 1 N–H and O–H groups in total. The summed E-state index contributed by atoms with van der Waals surface area (Å²) in [6.07, 6.45) is -5.07. The molecule has 0 radical (unpaired) electrons. The van der Waals surface area contributed by atoms with Crippen LogP contribution in [0.5, 0.6) is 0 Å².